The molecule has 2 atom stereocenters. The Bertz CT molecular complexity index is 1710. The number of rotatable bonds is 7. The molecule has 6 rings (SSSR count). The Morgan fingerprint density at radius 2 is 1.80 bits per heavy atom. The number of carbonyl (C=O) groups excluding carboxylic acids is 3. The van der Waals surface area contributed by atoms with Crippen LogP contribution in [0.3, 0.4) is 0 Å². The van der Waals surface area contributed by atoms with Crippen molar-refractivity contribution in [1.82, 2.24) is 30.1 Å². The van der Waals surface area contributed by atoms with Crippen LogP contribution in [-0.4, -0.2) is 87.0 Å². The Morgan fingerprint density at radius 1 is 1.00 bits per heavy atom. The molecule has 2 aliphatic heterocycles. The van der Waals surface area contributed by atoms with Crippen LogP contribution in [0, 0.1) is 5.92 Å². The molecule has 236 valence electrons. The number of imidazole rings is 1. The zero-order chi connectivity index (χ0) is 31.6. The number of pyridine rings is 1. The van der Waals surface area contributed by atoms with Crippen LogP contribution in [0.1, 0.15) is 67.3 Å². The van der Waals surface area contributed by atoms with E-state index in [1.54, 1.807) is 24.4 Å². The zero-order valence-corrected chi connectivity index (χ0v) is 26.1. The van der Waals surface area contributed by atoms with Crippen molar-refractivity contribution >= 4 is 45.7 Å². The van der Waals surface area contributed by atoms with E-state index >= 15 is 0 Å². The van der Waals surface area contributed by atoms with Gasteiger partial charge in [-0.15, -0.1) is 0 Å². The molecule has 2 fully saturated rings. The first-order valence-electron chi connectivity index (χ1n) is 15.8. The average Bonchev–Trinajstić information content (AvgIpc) is 3.65. The molecule has 0 radical (unpaired) electrons. The van der Waals surface area contributed by atoms with E-state index in [0.717, 1.165) is 62.6 Å². The lowest BCUT2D eigenvalue weighted by molar-refractivity contribution is 0.0181. The van der Waals surface area contributed by atoms with Crippen molar-refractivity contribution in [1.29, 1.82) is 0 Å². The molecule has 2 aliphatic rings. The molecule has 3 N–H and O–H groups in total. The number of anilines is 1. The number of H-pyrrole nitrogens is 1. The van der Waals surface area contributed by atoms with Gasteiger partial charge in [-0.25, -0.2) is 9.78 Å². The number of ether oxygens (including phenoxy) is 1. The summed E-state index contributed by atoms with van der Waals surface area (Å²) in [7, 11) is 0. The normalized spacial score (nSPS) is 19.1. The third kappa shape index (κ3) is 7.25. The Morgan fingerprint density at radius 3 is 2.62 bits per heavy atom. The summed E-state index contributed by atoms with van der Waals surface area (Å²) in [5, 5.41) is 7.77. The summed E-state index contributed by atoms with van der Waals surface area (Å²) >= 11 is 0. The number of fused-ring (bicyclic) bond motifs is 2. The van der Waals surface area contributed by atoms with Crippen LogP contribution in [0.2, 0.25) is 0 Å². The van der Waals surface area contributed by atoms with Crippen LogP contribution < -0.4 is 10.6 Å². The van der Waals surface area contributed by atoms with Gasteiger partial charge in [0.05, 0.1) is 11.1 Å². The van der Waals surface area contributed by atoms with Gasteiger partial charge in [0.2, 0.25) is 5.95 Å². The smallest absolute Gasteiger partial charge is 0.410 e. The lowest BCUT2D eigenvalue weighted by Crippen LogP contribution is -2.48. The summed E-state index contributed by atoms with van der Waals surface area (Å²) in [6.45, 7) is 9.64. The molecule has 4 heterocycles. The highest BCUT2D eigenvalue weighted by Crippen LogP contribution is 2.25. The van der Waals surface area contributed by atoms with E-state index < -0.39 is 5.60 Å². The van der Waals surface area contributed by atoms with Gasteiger partial charge in [0, 0.05) is 43.8 Å². The van der Waals surface area contributed by atoms with E-state index in [2.05, 4.69) is 30.5 Å². The third-order valence-corrected chi connectivity index (χ3v) is 8.48. The van der Waals surface area contributed by atoms with Gasteiger partial charge in [0.25, 0.3) is 11.8 Å². The van der Waals surface area contributed by atoms with Crippen LogP contribution in [0.15, 0.2) is 54.7 Å². The summed E-state index contributed by atoms with van der Waals surface area (Å²) in [4.78, 5) is 55.3. The average molecular weight is 612 g/mol. The summed E-state index contributed by atoms with van der Waals surface area (Å²) in [6.07, 6.45) is 5.48. The molecule has 11 heteroatoms. The van der Waals surface area contributed by atoms with Gasteiger partial charge in [-0.2, -0.15) is 0 Å². The number of piperidine rings is 1. The van der Waals surface area contributed by atoms with Crippen LogP contribution in [0.4, 0.5) is 10.7 Å². The van der Waals surface area contributed by atoms with Gasteiger partial charge >= 0.3 is 6.09 Å². The summed E-state index contributed by atoms with van der Waals surface area (Å²) in [5.74, 6) is -0.0353. The lowest BCUT2D eigenvalue weighted by atomic mass is 9.97. The summed E-state index contributed by atoms with van der Waals surface area (Å²) in [5.41, 5.74) is 1.35. The Labute approximate surface area is 262 Å². The van der Waals surface area contributed by atoms with Crippen LogP contribution in [-0.2, 0) is 4.74 Å². The fourth-order valence-electron chi connectivity index (χ4n) is 6.35. The number of aromatic nitrogens is 3. The first kappa shape index (κ1) is 30.5. The Balaban J connectivity index is 1.05. The van der Waals surface area contributed by atoms with Gasteiger partial charge < -0.3 is 24.8 Å². The molecule has 1 unspecified atom stereocenters. The maximum atomic E-state index is 13.3. The van der Waals surface area contributed by atoms with E-state index in [9.17, 15) is 14.4 Å². The van der Waals surface area contributed by atoms with Crippen molar-refractivity contribution in [2.24, 2.45) is 5.92 Å². The van der Waals surface area contributed by atoms with Gasteiger partial charge in [-0.3, -0.25) is 19.9 Å². The van der Waals surface area contributed by atoms with Crippen LogP contribution in [0.5, 0.6) is 0 Å². The van der Waals surface area contributed by atoms with Crippen molar-refractivity contribution in [3.05, 3.63) is 66.0 Å². The molecule has 11 nitrogen and oxygen atoms in total. The fraction of sp³-hybridized carbons (Fsp3) is 0.441. The highest BCUT2D eigenvalue weighted by atomic mass is 16.6. The maximum absolute atomic E-state index is 13.3. The highest BCUT2D eigenvalue weighted by molar-refractivity contribution is 6.07. The quantitative estimate of drug-likeness (QED) is 0.262. The van der Waals surface area contributed by atoms with Gasteiger partial charge in [0.15, 0.2) is 0 Å². The molecule has 0 spiro atoms. The molecular formula is C34H41N7O4. The number of likely N-dealkylation sites (tertiary alicyclic amines) is 2. The minimum Gasteiger partial charge on any atom is -0.444 e. The van der Waals surface area contributed by atoms with Gasteiger partial charge in [-0.1, -0.05) is 30.3 Å². The van der Waals surface area contributed by atoms with Gasteiger partial charge in [0.1, 0.15) is 16.8 Å². The first-order valence-corrected chi connectivity index (χ1v) is 15.8. The maximum Gasteiger partial charge on any atom is 0.410 e. The molecule has 0 saturated carbocycles. The third-order valence-electron chi connectivity index (χ3n) is 8.48. The number of hydrogen-bond acceptors (Lipinski definition) is 7. The topological polar surface area (TPSA) is 133 Å². The molecule has 4 aromatic rings. The second-order valence-electron chi connectivity index (χ2n) is 13.1. The summed E-state index contributed by atoms with van der Waals surface area (Å²) < 4.78 is 5.64. The van der Waals surface area contributed by atoms with E-state index in [0.29, 0.717) is 29.1 Å². The fourth-order valence-corrected chi connectivity index (χ4v) is 6.35. The number of carbonyl (C=O) groups is 3. The molecule has 2 aromatic carbocycles. The van der Waals surface area contributed by atoms with Crippen molar-refractivity contribution < 1.29 is 19.1 Å². The molecule has 2 saturated heterocycles. The molecule has 0 bridgehead atoms. The summed E-state index contributed by atoms with van der Waals surface area (Å²) in [6, 6.07) is 15.0. The van der Waals surface area contributed by atoms with Gasteiger partial charge in [-0.05, 0) is 82.5 Å². The molecule has 2 aromatic heterocycles. The zero-order valence-electron chi connectivity index (χ0n) is 26.1. The molecular weight excluding hydrogens is 570 g/mol. The van der Waals surface area contributed by atoms with E-state index in [1.807, 2.05) is 56.0 Å². The number of nitrogens with zero attached hydrogens (tertiary/aromatic N) is 4. The minimum absolute atomic E-state index is 0.150. The Hall–Kier alpha value is -4.51. The number of aromatic amines is 1. The second-order valence-corrected chi connectivity index (χ2v) is 13.1. The van der Waals surface area contributed by atoms with E-state index in [1.165, 1.54) is 0 Å². The predicted octanol–water partition coefficient (Wildman–Crippen LogP) is 5.20. The monoisotopic (exact) mass is 611 g/mol. The molecule has 3 amide bonds. The minimum atomic E-state index is -0.510. The number of hydrogen-bond donors (Lipinski definition) is 3. The van der Waals surface area contributed by atoms with Crippen LogP contribution in [0.25, 0.3) is 21.8 Å². The number of nitrogens with one attached hydrogen (secondary N) is 3. The molecule has 45 heavy (non-hydrogen) atoms. The van der Waals surface area contributed by atoms with E-state index in [4.69, 9.17) is 4.74 Å². The predicted molar refractivity (Wildman–Crippen MR) is 173 cm³/mol. The van der Waals surface area contributed by atoms with E-state index in [-0.39, 0.29) is 35.6 Å². The molecule has 0 aliphatic carbocycles. The Kier molecular flexibility index (Phi) is 8.71. The largest absolute Gasteiger partial charge is 0.444 e. The SMILES string of the molecule is CC(C)(C)OC(=O)N1CCC[C@H]1CN1CCCC(CNC(=O)c2cccc3[nH]c(NC(=O)c4cc5ccccc5cn4)nc23)C1. The van der Waals surface area contributed by atoms with Crippen LogP contribution >= 0.6 is 0 Å². The standard InChI is InChI=1S/C34H41N7O4/c1-34(2,3)45-33(44)41-16-8-12-25(41)21-40-15-7-9-22(20-40)18-36-30(42)26-13-6-14-27-29(26)38-32(37-27)39-31(43)28-17-23-10-4-5-11-24(23)19-35-28/h4-6,10-11,13-14,17,19,22,25H,7-9,12,15-16,18,20-21H2,1-3H3,(H,36,42)(H2,37,38,39,43)/t22?,25-/m0/s1. The highest BCUT2D eigenvalue weighted by Gasteiger charge is 2.34. The van der Waals surface area contributed by atoms with Crippen molar-refractivity contribution in [2.75, 3.05) is 38.0 Å². The van der Waals surface area contributed by atoms with Crippen molar-refractivity contribution in [3.63, 3.8) is 0 Å². The van der Waals surface area contributed by atoms with Crippen molar-refractivity contribution in [3.8, 4) is 0 Å². The lowest BCUT2D eigenvalue weighted by Gasteiger charge is -2.36. The number of para-hydroxylation sites is 1. The first-order chi connectivity index (χ1) is 21.6. The number of amides is 3. The van der Waals surface area contributed by atoms with Crippen molar-refractivity contribution in [2.45, 2.75) is 58.1 Å². The second kappa shape index (κ2) is 12.8. The number of benzene rings is 2.